The Bertz CT molecular complexity index is 1490. The zero-order chi connectivity index (χ0) is 25.4. The van der Waals surface area contributed by atoms with E-state index < -0.39 is 37.1 Å². The summed E-state index contributed by atoms with van der Waals surface area (Å²) in [7, 11) is -7.63. The second kappa shape index (κ2) is 9.46. The van der Waals surface area contributed by atoms with Gasteiger partial charge < -0.3 is 0 Å². The van der Waals surface area contributed by atoms with Crippen LogP contribution in [0.3, 0.4) is 0 Å². The van der Waals surface area contributed by atoms with E-state index in [1.165, 1.54) is 48.2 Å². The van der Waals surface area contributed by atoms with Gasteiger partial charge in [-0.1, -0.05) is 17.7 Å². The molecule has 1 atom stereocenters. The minimum atomic E-state index is -3.89. The third-order valence-electron chi connectivity index (χ3n) is 5.24. The molecular formula is C23H21N3O6S3. The van der Waals surface area contributed by atoms with Crippen molar-refractivity contribution in [2.24, 2.45) is 5.14 Å². The van der Waals surface area contributed by atoms with E-state index in [9.17, 15) is 26.4 Å². The topological polar surface area (TPSA) is 144 Å². The van der Waals surface area contributed by atoms with Crippen molar-refractivity contribution in [3.8, 4) is 0 Å². The lowest BCUT2D eigenvalue weighted by Crippen LogP contribution is -2.31. The SMILES string of the molecule is Cc1ccc(S(=O)(=O)Nc2ccc(SC3CC(=O)N(c4ccc(S(N)(=O)=O)cc4)C3=O)cc2)cc1. The van der Waals surface area contributed by atoms with E-state index in [-0.39, 0.29) is 21.9 Å². The van der Waals surface area contributed by atoms with Crippen molar-refractivity contribution < 1.29 is 26.4 Å². The summed E-state index contributed by atoms with van der Waals surface area (Å²) < 4.78 is 50.5. The van der Waals surface area contributed by atoms with Crippen LogP contribution in [0.1, 0.15) is 12.0 Å². The molecule has 1 saturated heterocycles. The first kappa shape index (κ1) is 24.9. The Morgan fingerprint density at radius 3 is 2.00 bits per heavy atom. The normalized spacial score (nSPS) is 16.5. The van der Waals surface area contributed by atoms with E-state index in [2.05, 4.69) is 4.72 Å². The number of nitrogens with zero attached hydrogens (tertiary/aromatic N) is 1. The van der Waals surface area contributed by atoms with E-state index in [0.717, 1.165) is 10.5 Å². The van der Waals surface area contributed by atoms with Gasteiger partial charge in [-0.3, -0.25) is 14.3 Å². The Hall–Kier alpha value is -3.19. The number of anilines is 2. The Kier molecular flexibility index (Phi) is 6.73. The summed E-state index contributed by atoms with van der Waals surface area (Å²) in [6.07, 6.45) is -0.0256. The molecule has 182 valence electrons. The van der Waals surface area contributed by atoms with E-state index >= 15 is 0 Å². The van der Waals surface area contributed by atoms with E-state index in [1.807, 2.05) is 6.92 Å². The molecule has 2 amide bonds. The van der Waals surface area contributed by atoms with Gasteiger partial charge in [0, 0.05) is 17.0 Å². The fourth-order valence-corrected chi connectivity index (χ4v) is 6.08. The zero-order valence-corrected chi connectivity index (χ0v) is 20.9. The minimum absolute atomic E-state index is 0.0256. The standard InChI is InChI=1S/C23H21N3O6S3/c1-15-2-10-20(11-3-15)35(31,32)25-16-4-8-18(9-5-16)33-21-14-22(27)26(23(21)28)17-6-12-19(13-7-17)34(24,29)30/h2-13,21,25H,14H2,1H3,(H2,24,29,30). The summed E-state index contributed by atoms with van der Waals surface area (Å²) >= 11 is 1.19. The molecule has 1 aliphatic rings. The molecule has 12 heteroatoms. The number of benzene rings is 3. The predicted molar refractivity (Wildman–Crippen MR) is 133 cm³/mol. The van der Waals surface area contributed by atoms with Gasteiger partial charge >= 0.3 is 0 Å². The lowest BCUT2D eigenvalue weighted by Gasteiger charge is -2.15. The van der Waals surface area contributed by atoms with E-state index in [1.54, 1.807) is 36.4 Å². The lowest BCUT2D eigenvalue weighted by molar-refractivity contribution is -0.121. The smallest absolute Gasteiger partial charge is 0.261 e. The number of carbonyl (C=O) groups is 2. The third-order valence-corrected chi connectivity index (χ3v) is 8.77. The first-order valence-corrected chi connectivity index (χ1v) is 14.2. The molecule has 0 saturated carbocycles. The van der Waals surface area contributed by atoms with Crippen molar-refractivity contribution in [1.82, 2.24) is 0 Å². The highest BCUT2D eigenvalue weighted by molar-refractivity contribution is 8.00. The number of nitrogens with two attached hydrogens (primary N) is 1. The van der Waals surface area contributed by atoms with Crippen LogP contribution in [0.15, 0.2) is 87.5 Å². The number of amides is 2. The van der Waals surface area contributed by atoms with Crippen molar-refractivity contribution in [2.75, 3.05) is 9.62 Å². The average molecular weight is 532 g/mol. The van der Waals surface area contributed by atoms with Gasteiger partial charge in [-0.15, -0.1) is 11.8 Å². The summed E-state index contributed by atoms with van der Waals surface area (Å²) in [5, 5.41) is 4.41. The molecule has 0 aliphatic carbocycles. The molecule has 1 fully saturated rings. The highest BCUT2D eigenvalue weighted by Crippen LogP contribution is 2.34. The molecule has 0 bridgehead atoms. The number of carbonyl (C=O) groups excluding carboxylic acids is 2. The van der Waals surface area contributed by atoms with Gasteiger partial charge in [0.25, 0.3) is 10.0 Å². The second-order valence-electron chi connectivity index (χ2n) is 7.86. The van der Waals surface area contributed by atoms with Crippen LogP contribution in [0, 0.1) is 6.92 Å². The van der Waals surface area contributed by atoms with Crippen molar-refractivity contribution in [1.29, 1.82) is 0 Å². The molecule has 3 aromatic carbocycles. The van der Waals surface area contributed by atoms with Gasteiger partial charge in [-0.25, -0.2) is 26.9 Å². The van der Waals surface area contributed by atoms with E-state index in [4.69, 9.17) is 5.14 Å². The number of primary sulfonamides is 1. The molecule has 3 aromatic rings. The Labute approximate surface area is 207 Å². The molecule has 3 N–H and O–H groups in total. The molecule has 4 rings (SSSR count). The summed E-state index contributed by atoms with van der Waals surface area (Å²) in [5.41, 5.74) is 1.57. The molecule has 0 spiro atoms. The third kappa shape index (κ3) is 5.56. The van der Waals surface area contributed by atoms with Crippen LogP contribution in [-0.4, -0.2) is 33.9 Å². The molecule has 0 aromatic heterocycles. The van der Waals surface area contributed by atoms with Crippen molar-refractivity contribution in [3.05, 3.63) is 78.4 Å². The monoisotopic (exact) mass is 531 g/mol. The molecule has 1 heterocycles. The highest BCUT2D eigenvalue weighted by Gasteiger charge is 2.40. The first-order valence-electron chi connectivity index (χ1n) is 10.3. The first-order chi connectivity index (χ1) is 16.4. The van der Waals surface area contributed by atoms with Gasteiger partial charge in [0.2, 0.25) is 21.8 Å². The maximum Gasteiger partial charge on any atom is 0.261 e. The fraction of sp³-hybridized carbons (Fsp3) is 0.130. The van der Waals surface area contributed by atoms with Crippen LogP contribution in [-0.2, 0) is 29.6 Å². The van der Waals surface area contributed by atoms with Gasteiger partial charge in [-0.05, 0) is 67.6 Å². The highest BCUT2D eigenvalue weighted by atomic mass is 32.2. The quantitative estimate of drug-likeness (QED) is 0.446. The Balaban J connectivity index is 1.44. The van der Waals surface area contributed by atoms with Crippen LogP contribution in [0.2, 0.25) is 0 Å². The van der Waals surface area contributed by atoms with Gasteiger partial charge in [0.15, 0.2) is 0 Å². The summed E-state index contributed by atoms with van der Waals surface area (Å²) in [4.78, 5) is 27.1. The number of rotatable bonds is 7. The number of sulfonamides is 2. The largest absolute Gasteiger partial charge is 0.280 e. The van der Waals surface area contributed by atoms with Crippen LogP contribution in [0.5, 0.6) is 0 Å². The van der Waals surface area contributed by atoms with Gasteiger partial charge in [0.1, 0.15) is 0 Å². The molecule has 1 aliphatic heterocycles. The number of aryl methyl sites for hydroxylation is 1. The molecule has 9 nitrogen and oxygen atoms in total. The summed E-state index contributed by atoms with van der Waals surface area (Å²) in [5.74, 6) is -0.828. The molecular weight excluding hydrogens is 510 g/mol. The number of hydrogen-bond donors (Lipinski definition) is 2. The summed E-state index contributed by atoms with van der Waals surface area (Å²) in [6.45, 7) is 1.87. The molecule has 35 heavy (non-hydrogen) atoms. The molecule has 0 radical (unpaired) electrons. The Morgan fingerprint density at radius 2 is 1.43 bits per heavy atom. The maximum atomic E-state index is 12.9. The van der Waals surface area contributed by atoms with E-state index in [0.29, 0.717) is 10.6 Å². The van der Waals surface area contributed by atoms with Gasteiger partial charge in [0.05, 0.1) is 20.7 Å². The second-order valence-corrected chi connectivity index (χ2v) is 12.4. The average Bonchev–Trinajstić information content (AvgIpc) is 3.07. The number of thioether (sulfide) groups is 1. The lowest BCUT2D eigenvalue weighted by atomic mass is 10.2. The van der Waals surface area contributed by atoms with Crippen molar-refractivity contribution in [2.45, 2.75) is 33.3 Å². The predicted octanol–water partition coefficient (Wildman–Crippen LogP) is 2.87. The Morgan fingerprint density at radius 1 is 0.857 bits per heavy atom. The number of hydrogen-bond acceptors (Lipinski definition) is 7. The number of nitrogens with one attached hydrogen (secondary N) is 1. The fourth-order valence-electron chi connectivity index (χ4n) is 3.45. The van der Waals surface area contributed by atoms with Crippen LogP contribution >= 0.6 is 11.8 Å². The zero-order valence-electron chi connectivity index (χ0n) is 18.4. The van der Waals surface area contributed by atoms with Crippen LogP contribution in [0.25, 0.3) is 0 Å². The summed E-state index contributed by atoms with van der Waals surface area (Å²) in [6, 6.07) is 18.2. The minimum Gasteiger partial charge on any atom is -0.280 e. The number of imide groups is 1. The van der Waals surface area contributed by atoms with Crippen LogP contribution < -0.4 is 14.8 Å². The van der Waals surface area contributed by atoms with Crippen LogP contribution in [0.4, 0.5) is 11.4 Å². The molecule has 1 unspecified atom stereocenters. The van der Waals surface area contributed by atoms with Crippen molar-refractivity contribution in [3.63, 3.8) is 0 Å². The maximum absolute atomic E-state index is 12.9. The van der Waals surface area contributed by atoms with Gasteiger partial charge in [-0.2, -0.15) is 0 Å². The van der Waals surface area contributed by atoms with Crippen molar-refractivity contribution >= 4 is 55.0 Å².